The first kappa shape index (κ1) is 129. The number of aryl methyl sites for hydroxylation is 10. The third-order valence-electron chi connectivity index (χ3n) is 24.7. The fourth-order valence-corrected chi connectivity index (χ4v) is 18.0. The lowest BCUT2D eigenvalue weighted by molar-refractivity contribution is 0.626. The number of halogens is 7. The molecule has 756 valence electrons. The van der Waals surface area contributed by atoms with E-state index in [1.807, 2.05) is 129 Å². The zero-order valence-electron chi connectivity index (χ0n) is 84.4. The van der Waals surface area contributed by atoms with E-state index in [9.17, 15) is 30.7 Å². The van der Waals surface area contributed by atoms with Gasteiger partial charge >= 0.3 is 0 Å². The molecule has 18 aromatic carbocycles. The van der Waals surface area contributed by atoms with Crippen molar-refractivity contribution in [3.63, 3.8) is 0 Å². The summed E-state index contributed by atoms with van der Waals surface area (Å²) in [6.45, 7) is 36.1. The van der Waals surface area contributed by atoms with Gasteiger partial charge in [-0.25, -0.2) is 30.7 Å². The number of hydrogen-bond donors (Lipinski definition) is 0. The Morgan fingerprint density at radius 1 is 0.250 bits per heavy atom. The summed E-state index contributed by atoms with van der Waals surface area (Å²) in [5.74, 6) is -1.11. The average Bonchev–Trinajstić information content (AvgIpc) is 0.777. The minimum atomic E-state index is -0.256. The Bertz CT molecular complexity index is 6730. The number of rotatable bonds is 21. The predicted molar refractivity (Wildman–Crippen MR) is 653 cm³/mol. The van der Waals surface area contributed by atoms with E-state index in [4.69, 9.17) is 0 Å². The van der Waals surface area contributed by atoms with Gasteiger partial charge in [-0.3, -0.25) is 0 Å². The zero-order chi connectivity index (χ0) is 101. The maximum Gasteiger partial charge on any atom is 0.210 e. The second-order valence-corrected chi connectivity index (χ2v) is 36.0. The van der Waals surface area contributed by atoms with Crippen molar-refractivity contribution in [2.75, 3.05) is 0 Å². The molecule has 6 radical (unpaired) electrons. The van der Waals surface area contributed by atoms with Gasteiger partial charge in [-0.1, -0.05) is 564 Å². The molecule has 0 aliphatic rings. The van der Waals surface area contributed by atoms with Crippen LogP contribution in [0.3, 0.4) is 0 Å². The Morgan fingerprint density at radius 3 is 0.912 bits per heavy atom. The molecule has 0 aliphatic carbocycles. The molecule has 0 aliphatic heterocycles. The van der Waals surface area contributed by atoms with Crippen molar-refractivity contribution in [1.82, 2.24) is 0 Å². The molecular formula is C132H152B9F7. The molecule has 18 aromatic rings. The summed E-state index contributed by atoms with van der Waals surface area (Å²) in [5.41, 5.74) is 32.5. The van der Waals surface area contributed by atoms with E-state index < -0.39 is 0 Å². The second-order valence-electron chi connectivity index (χ2n) is 36.0. The quantitative estimate of drug-likeness (QED) is 0.0497. The van der Waals surface area contributed by atoms with Crippen LogP contribution in [0.5, 0.6) is 0 Å². The van der Waals surface area contributed by atoms with Crippen LogP contribution in [0, 0.1) is 110 Å². The van der Waals surface area contributed by atoms with Gasteiger partial charge in [0.05, 0.1) is 0 Å². The topological polar surface area (TPSA) is 0 Å². The molecular weight excluding hydrogens is 1820 g/mol. The van der Waals surface area contributed by atoms with Crippen LogP contribution < -0.4 is 65.6 Å². The molecule has 0 amide bonds. The van der Waals surface area contributed by atoms with Gasteiger partial charge in [0.25, 0.3) is 0 Å². The van der Waals surface area contributed by atoms with Gasteiger partial charge in [-0.15, -0.1) is 0 Å². The van der Waals surface area contributed by atoms with Crippen LogP contribution in [0.15, 0.2) is 406 Å². The molecule has 0 saturated heterocycles. The number of benzene rings is 18. The van der Waals surface area contributed by atoms with Crippen LogP contribution in [0.25, 0.3) is 21.5 Å². The Morgan fingerprint density at radius 2 is 0.534 bits per heavy atom. The highest BCUT2D eigenvalue weighted by atomic mass is 19.2. The summed E-state index contributed by atoms with van der Waals surface area (Å²) >= 11 is 0. The SMILES string of the molecule is C.C.C.C.C.C.C.CB(c1c(C)cc(C)cc1C)c1cccc2ccccc12.CB(c1ccccc1)c1c(C)cc(C)cc1C.CC([B]c1cccc(F)c1)c1ccccc1.CCB(c1c(C)cc(C)cc1C)c1cccc2ccccc12.C[B]c1cccc(F)c1.C[B]c1cccc(F)c1.Cc1ccc(C[B]c2cccc(F)c2)cc1.Fc1cccc([B]Cc2cccc(F)c2)c1.Fc1cccc([B]Cc2ccccc2)c1. The van der Waals surface area contributed by atoms with E-state index >= 15 is 0 Å². The largest absolute Gasteiger partial charge is 0.210 e. The number of fused-ring (bicyclic) bond motifs is 2. The Hall–Kier alpha value is -13.4. The lowest BCUT2D eigenvalue weighted by Gasteiger charge is -2.20. The normalized spacial score (nSPS) is 9.97. The summed E-state index contributed by atoms with van der Waals surface area (Å²) in [4.78, 5) is 0. The molecule has 0 aromatic heterocycles. The zero-order valence-corrected chi connectivity index (χ0v) is 84.4. The summed E-state index contributed by atoms with van der Waals surface area (Å²) < 4.78 is 89.2. The molecule has 16 heteroatoms. The number of hydrogen-bond acceptors (Lipinski definition) is 0. The summed E-state index contributed by atoms with van der Waals surface area (Å²) in [6, 6.07) is 130. The Kier molecular flexibility index (Phi) is 58.7. The van der Waals surface area contributed by atoms with Gasteiger partial charge in [0.2, 0.25) is 20.1 Å². The molecule has 1 unspecified atom stereocenters. The lowest BCUT2D eigenvalue weighted by Crippen LogP contribution is -2.44. The Balaban J connectivity index is 0.000000429. The minimum Gasteiger partial charge on any atom is -0.207 e. The smallest absolute Gasteiger partial charge is 0.207 e. The van der Waals surface area contributed by atoms with Crippen molar-refractivity contribution in [3.05, 3.63) is 525 Å². The van der Waals surface area contributed by atoms with Gasteiger partial charge in [0.1, 0.15) is 55.3 Å². The molecule has 1 atom stereocenters. The fraction of sp³-hybridized carbons (Fsp3) is 0.212. The van der Waals surface area contributed by atoms with Crippen LogP contribution in [-0.4, -0.2) is 63.8 Å². The highest BCUT2D eigenvalue weighted by Gasteiger charge is 2.25. The van der Waals surface area contributed by atoms with E-state index in [2.05, 4.69) is 304 Å². The minimum absolute atomic E-state index is 0. The molecule has 0 spiro atoms. The maximum absolute atomic E-state index is 13.0. The highest BCUT2D eigenvalue weighted by Crippen LogP contribution is 2.20. The van der Waals surface area contributed by atoms with Crippen LogP contribution in [0.1, 0.15) is 150 Å². The first-order chi connectivity index (χ1) is 68.0. The van der Waals surface area contributed by atoms with Crippen molar-refractivity contribution < 1.29 is 30.7 Å². The van der Waals surface area contributed by atoms with Crippen LogP contribution in [-0.2, 0) is 19.0 Å². The van der Waals surface area contributed by atoms with Gasteiger partial charge in [0, 0.05) is 0 Å². The van der Waals surface area contributed by atoms with Gasteiger partial charge in [-0.2, -0.15) is 0 Å². The van der Waals surface area contributed by atoms with E-state index in [0.29, 0.717) is 32.3 Å². The van der Waals surface area contributed by atoms with Crippen molar-refractivity contribution in [1.29, 1.82) is 0 Å². The molecule has 0 bridgehead atoms. The van der Waals surface area contributed by atoms with Crippen molar-refractivity contribution in [2.45, 2.75) is 193 Å². The molecule has 0 saturated carbocycles. The Labute approximate surface area is 894 Å². The van der Waals surface area contributed by atoms with E-state index in [-0.39, 0.29) is 92.7 Å². The van der Waals surface area contributed by atoms with Gasteiger partial charge < -0.3 is 0 Å². The van der Waals surface area contributed by atoms with Crippen LogP contribution >= 0.6 is 0 Å². The van der Waals surface area contributed by atoms with Crippen molar-refractivity contribution in [3.8, 4) is 0 Å². The second kappa shape index (κ2) is 67.4. The lowest BCUT2D eigenvalue weighted by atomic mass is 9.37. The molecule has 0 N–H and O–H groups in total. The maximum atomic E-state index is 13.0. The van der Waals surface area contributed by atoms with E-state index in [1.54, 1.807) is 60.7 Å². The average molecular weight is 1970 g/mol. The monoisotopic (exact) mass is 1970 g/mol. The molecule has 0 heterocycles. The predicted octanol–water partition coefficient (Wildman–Crippen LogP) is 28.5. The molecule has 18 rings (SSSR count). The van der Waals surface area contributed by atoms with Gasteiger partial charge in [0.15, 0.2) is 29.1 Å². The molecule has 0 fully saturated rings. The fourth-order valence-electron chi connectivity index (χ4n) is 18.0. The van der Waals surface area contributed by atoms with Gasteiger partial charge in [-0.05, 0) is 200 Å². The molecule has 0 nitrogen and oxygen atoms in total. The van der Waals surface area contributed by atoms with Crippen LogP contribution in [0.2, 0.25) is 33.6 Å². The first-order valence-corrected chi connectivity index (χ1v) is 48.6. The summed E-state index contributed by atoms with van der Waals surface area (Å²) in [6.07, 6.45) is 3.40. The summed E-state index contributed by atoms with van der Waals surface area (Å²) in [7, 11) is 11.7. The standard InChI is InChI=1S/C21H23B.C20H21B.C16H19B.2C14H13BF.C13H10BF2.C13H11BF.2C7H7BF.7CH4/c1-5-22(21-16(3)13-15(2)14-17(21)4)20-12-8-10-18-9-6-7-11-19(18)20;1-14-12-15(2)20(16(3)13-14)21(4)19-11-7-9-17-8-5-6-10-18(17)19;1-12-10-13(2)16(14(3)11-12)17(4)15-8-6-5-7-9-15;1-11-5-7-12(8-6-11)10-15-13-3-2-4-14(16)9-13;1-11(12-6-3-2-4-7-12)15-13-8-5-9-14(16)10-13;15-12-5-1-3-10(7-12)9-14-11-4-2-6-13(16)8-11;15-13-8-4-7-12(9-13)14-10-11-5-2-1-3-6-11;2*1-8-6-3-2-4-7(9)5-6;;;;;;;/h6-14H,5H2,1-4H3;5-13H,1-4H3;5-11H,1-4H3;2-9H,10H2,1H3;2-11H,1H3;1-8H,9H2;1-9H,10H2;2*2-5H,1H3;7*1H4. The van der Waals surface area contributed by atoms with Crippen molar-refractivity contribution in [2.24, 2.45) is 0 Å². The highest BCUT2D eigenvalue weighted by molar-refractivity contribution is 6.88. The van der Waals surface area contributed by atoms with Crippen LogP contribution in [0.4, 0.5) is 30.7 Å². The third kappa shape index (κ3) is 42.1. The third-order valence-corrected chi connectivity index (χ3v) is 24.7. The summed E-state index contributed by atoms with van der Waals surface area (Å²) in [5, 5.41) is 5.41. The molecule has 148 heavy (non-hydrogen) atoms. The first-order valence-electron chi connectivity index (χ1n) is 48.6. The van der Waals surface area contributed by atoms with E-state index in [1.165, 1.54) is 193 Å². The van der Waals surface area contributed by atoms with Crippen molar-refractivity contribution >= 4 is 151 Å². The van der Waals surface area contributed by atoms with E-state index in [0.717, 1.165) is 57.3 Å².